The van der Waals surface area contributed by atoms with E-state index in [-0.39, 0.29) is 5.15 Å². The lowest BCUT2D eigenvalue weighted by molar-refractivity contribution is -0.0342. The van der Waals surface area contributed by atoms with Crippen molar-refractivity contribution < 1.29 is 13.2 Å². The first kappa shape index (κ1) is 16.3. The molecule has 8 heteroatoms. The van der Waals surface area contributed by atoms with Gasteiger partial charge >= 0.3 is 5.92 Å². The Morgan fingerprint density at radius 3 is 2.71 bits per heavy atom. The van der Waals surface area contributed by atoms with Crippen molar-refractivity contribution in [3.05, 3.63) is 75.8 Å². The predicted octanol–water partition coefficient (Wildman–Crippen LogP) is 5.02. The number of hydrogen-bond acceptors (Lipinski definition) is 4. The highest BCUT2D eigenvalue weighted by Crippen LogP contribution is 2.43. The highest BCUT2D eigenvalue weighted by Gasteiger charge is 2.46. The highest BCUT2D eigenvalue weighted by molar-refractivity contribution is 6.29. The standard InChI is InChI=1S/C16H9ClF3N3O/c17-13-6-4-11(18)14(22-13)15(23-24)16(19,20)10-3-5-12-9(8-10)2-1-7-21-12/h1-8,15H. The fraction of sp³-hybridized carbons (Fsp3) is 0.125. The Balaban J connectivity index is 2.11. The zero-order chi connectivity index (χ0) is 17.3. The van der Waals surface area contributed by atoms with Crippen molar-refractivity contribution in [1.29, 1.82) is 0 Å². The Morgan fingerprint density at radius 1 is 1.17 bits per heavy atom. The monoisotopic (exact) mass is 351 g/mol. The number of aromatic nitrogens is 2. The van der Waals surface area contributed by atoms with Crippen LogP contribution in [0.1, 0.15) is 17.3 Å². The number of nitrogens with zero attached hydrogens (tertiary/aromatic N) is 3. The van der Waals surface area contributed by atoms with Gasteiger partial charge in [-0.25, -0.2) is 9.37 Å². The van der Waals surface area contributed by atoms with Gasteiger partial charge in [-0.2, -0.15) is 8.78 Å². The number of rotatable bonds is 4. The Hall–Kier alpha value is -2.54. The maximum atomic E-state index is 14.8. The van der Waals surface area contributed by atoms with Crippen LogP contribution in [0.2, 0.25) is 5.15 Å². The number of benzene rings is 1. The smallest absolute Gasteiger partial charge is 0.256 e. The van der Waals surface area contributed by atoms with Crippen LogP contribution in [0.25, 0.3) is 10.9 Å². The van der Waals surface area contributed by atoms with Crippen LogP contribution in [0, 0.1) is 10.7 Å². The van der Waals surface area contributed by atoms with Gasteiger partial charge in [0.2, 0.25) is 6.04 Å². The normalized spacial score (nSPS) is 13.0. The molecule has 1 unspecified atom stereocenters. The molecule has 1 aromatic carbocycles. The Bertz CT molecular complexity index is 920. The van der Waals surface area contributed by atoms with E-state index in [1.165, 1.54) is 18.3 Å². The molecule has 24 heavy (non-hydrogen) atoms. The van der Waals surface area contributed by atoms with Crippen molar-refractivity contribution in [3.63, 3.8) is 0 Å². The van der Waals surface area contributed by atoms with Crippen LogP contribution in [-0.4, -0.2) is 9.97 Å². The van der Waals surface area contributed by atoms with Gasteiger partial charge in [0.25, 0.3) is 0 Å². The number of fused-ring (bicyclic) bond motifs is 1. The zero-order valence-electron chi connectivity index (χ0n) is 12.0. The van der Waals surface area contributed by atoms with Crippen LogP contribution in [0.15, 0.2) is 53.8 Å². The second kappa shape index (κ2) is 6.16. The van der Waals surface area contributed by atoms with Gasteiger partial charge in [0.1, 0.15) is 16.7 Å². The Morgan fingerprint density at radius 2 is 1.96 bits per heavy atom. The summed E-state index contributed by atoms with van der Waals surface area (Å²) in [5.41, 5.74) is -0.776. The molecule has 4 nitrogen and oxygen atoms in total. The topological polar surface area (TPSA) is 55.2 Å². The van der Waals surface area contributed by atoms with E-state index < -0.39 is 29.0 Å². The highest BCUT2D eigenvalue weighted by atomic mass is 35.5. The quantitative estimate of drug-likeness (QED) is 0.489. The van der Waals surface area contributed by atoms with E-state index in [0.717, 1.165) is 18.2 Å². The fourth-order valence-corrected chi connectivity index (χ4v) is 2.51. The molecule has 0 spiro atoms. The van der Waals surface area contributed by atoms with Gasteiger partial charge in [0.15, 0.2) is 0 Å². The molecule has 0 radical (unpaired) electrons. The minimum absolute atomic E-state index is 0.210. The molecule has 3 rings (SSSR count). The van der Waals surface area contributed by atoms with E-state index in [0.29, 0.717) is 10.9 Å². The molecule has 0 aliphatic carbocycles. The zero-order valence-corrected chi connectivity index (χ0v) is 12.7. The van der Waals surface area contributed by atoms with Gasteiger partial charge < -0.3 is 0 Å². The second-order valence-electron chi connectivity index (χ2n) is 5.04. The van der Waals surface area contributed by atoms with Gasteiger partial charge in [0, 0.05) is 17.1 Å². The molecule has 0 N–H and O–H groups in total. The molecule has 0 saturated carbocycles. The molecule has 2 aromatic heterocycles. The summed E-state index contributed by atoms with van der Waals surface area (Å²) in [7, 11) is 0. The first-order chi connectivity index (χ1) is 11.4. The SMILES string of the molecule is O=NC(c1nc(Cl)ccc1F)C(F)(F)c1ccc2ncccc2c1. The Labute approximate surface area is 139 Å². The molecule has 0 amide bonds. The van der Waals surface area contributed by atoms with Crippen molar-refractivity contribution in [2.75, 3.05) is 0 Å². The molecular weight excluding hydrogens is 343 g/mol. The average molecular weight is 352 g/mol. The molecule has 2 heterocycles. The van der Waals surface area contributed by atoms with Crippen molar-refractivity contribution in [3.8, 4) is 0 Å². The van der Waals surface area contributed by atoms with Crippen molar-refractivity contribution in [2.45, 2.75) is 12.0 Å². The molecule has 0 aliphatic heterocycles. The number of alkyl halides is 2. The van der Waals surface area contributed by atoms with Gasteiger partial charge in [0.05, 0.1) is 5.52 Å². The first-order valence-electron chi connectivity index (χ1n) is 6.81. The summed E-state index contributed by atoms with van der Waals surface area (Å²) in [5, 5.41) is 2.66. The van der Waals surface area contributed by atoms with Crippen LogP contribution in [-0.2, 0) is 5.92 Å². The lowest BCUT2D eigenvalue weighted by atomic mass is 9.97. The minimum Gasteiger partial charge on any atom is -0.256 e. The maximum absolute atomic E-state index is 14.8. The van der Waals surface area contributed by atoms with Gasteiger partial charge in [-0.3, -0.25) is 4.98 Å². The summed E-state index contributed by atoms with van der Waals surface area (Å²) in [5.74, 6) is -4.85. The van der Waals surface area contributed by atoms with Gasteiger partial charge in [-0.05, 0) is 30.3 Å². The number of nitroso groups, excluding NO2 is 1. The predicted molar refractivity (Wildman–Crippen MR) is 83.4 cm³/mol. The van der Waals surface area contributed by atoms with E-state index in [2.05, 4.69) is 15.1 Å². The van der Waals surface area contributed by atoms with Crippen LogP contribution in [0.3, 0.4) is 0 Å². The number of halogens is 4. The summed E-state index contributed by atoms with van der Waals surface area (Å²) >= 11 is 5.62. The summed E-state index contributed by atoms with van der Waals surface area (Å²) in [4.78, 5) is 18.6. The number of pyridine rings is 2. The van der Waals surface area contributed by atoms with Crippen molar-refractivity contribution >= 4 is 22.5 Å². The molecule has 122 valence electrons. The minimum atomic E-state index is -3.77. The average Bonchev–Trinajstić information content (AvgIpc) is 2.58. The lowest BCUT2D eigenvalue weighted by Crippen LogP contribution is -2.24. The molecule has 0 bridgehead atoms. The molecule has 3 aromatic rings. The van der Waals surface area contributed by atoms with E-state index in [9.17, 15) is 18.1 Å². The van der Waals surface area contributed by atoms with Crippen LogP contribution in [0.5, 0.6) is 0 Å². The number of hydrogen-bond donors (Lipinski definition) is 0. The van der Waals surface area contributed by atoms with E-state index in [4.69, 9.17) is 11.6 Å². The fourth-order valence-electron chi connectivity index (χ4n) is 2.35. The van der Waals surface area contributed by atoms with Crippen LogP contribution >= 0.6 is 11.6 Å². The largest absolute Gasteiger partial charge is 0.304 e. The third-order valence-corrected chi connectivity index (χ3v) is 3.75. The maximum Gasteiger partial charge on any atom is 0.304 e. The second-order valence-corrected chi connectivity index (χ2v) is 5.43. The van der Waals surface area contributed by atoms with E-state index in [1.807, 2.05) is 0 Å². The summed E-state index contributed by atoms with van der Waals surface area (Å²) in [6, 6.07) is 6.51. The van der Waals surface area contributed by atoms with Crippen molar-refractivity contribution in [1.82, 2.24) is 9.97 Å². The molecule has 0 aliphatic rings. The third-order valence-electron chi connectivity index (χ3n) is 3.53. The molecule has 1 atom stereocenters. The Kier molecular flexibility index (Phi) is 4.19. The summed E-state index contributed by atoms with van der Waals surface area (Å²) in [6.45, 7) is 0. The van der Waals surface area contributed by atoms with Crippen LogP contribution < -0.4 is 0 Å². The van der Waals surface area contributed by atoms with E-state index in [1.54, 1.807) is 12.1 Å². The van der Waals surface area contributed by atoms with Gasteiger partial charge in [-0.1, -0.05) is 28.9 Å². The summed E-state index contributed by atoms with van der Waals surface area (Å²) < 4.78 is 43.4. The first-order valence-corrected chi connectivity index (χ1v) is 7.19. The van der Waals surface area contributed by atoms with Crippen LogP contribution in [0.4, 0.5) is 13.2 Å². The molecule has 0 fully saturated rings. The van der Waals surface area contributed by atoms with Crippen molar-refractivity contribution in [2.24, 2.45) is 5.18 Å². The van der Waals surface area contributed by atoms with E-state index >= 15 is 0 Å². The third kappa shape index (κ3) is 2.82. The lowest BCUT2D eigenvalue weighted by Gasteiger charge is -2.22. The molecule has 0 saturated heterocycles. The summed E-state index contributed by atoms with van der Waals surface area (Å²) in [6.07, 6.45) is 1.53. The van der Waals surface area contributed by atoms with Gasteiger partial charge in [-0.15, -0.1) is 4.91 Å². The molecular formula is C16H9ClF3N3O.